The molecule has 0 bridgehead atoms. The van der Waals surface area contributed by atoms with Crippen LogP contribution in [0.15, 0.2) is 58.7 Å². The summed E-state index contributed by atoms with van der Waals surface area (Å²) >= 11 is 0. The van der Waals surface area contributed by atoms with Crippen LogP contribution in [-0.2, 0) is 0 Å². The number of rotatable bonds is 4. The van der Waals surface area contributed by atoms with Gasteiger partial charge in [0.25, 0.3) is 11.2 Å². The Morgan fingerprint density at radius 2 is 2.04 bits per heavy atom. The fourth-order valence-electron chi connectivity index (χ4n) is 2.75. The molecule has 1 N–H and O–H groups in total. The molecule has 4 rings (SSSR count). The summed E-state index contributed by atoms with van der Waals surface area (Å²) in [7, 11) is 1.57. The third kappa shape index (κ3) is 2.91. The lowest BCUT2D eigenvalue weighted by molar-refractivity contribution is -0.384. The van der Waals surface area contributed by atoms with Crippen LogP contribution in [0.25, 0.3) is 21.9 Å². The Bertz CT molecular complexity index is 1250. The Morgan fingerprint density at radius 3 is 2.74 bits per heavy atom. The van der Waals surface area contributed by atoms with Gasteiger partial charge in [0, 0.05) is 23.6 Å². The van der Waals surface area contributed by atoms with E-state index in [0.717, 1.165) is 15.6 Å². The van der Waals surface area contributed by atoms with Gasteiger partial charge >= 0.3 is 0 Å². The Labute approximate surface area is 151 Å². The zero-order chi connectivity index (χ0) is 19.0. The van der Waals surface area contributed by atoms with Gasteiger partial charge in [0.1, 0.15) is 23.1 Å². The van der Waals surface area contributed by atoms with E-state index in [0.29, 0.717) is 22.3 Å². The molecule has 2 heterocycles. The summed E-state index contributed by atoms with van der Waals surface area (Å²) in [5, 5.41) is 15.6. The lowest BCUT2D eigenvalue weighted by Gasteiger charge is -1.98. The van der Waals surface area contributed by atoms with Gasteiger partial charge in [0.05, 0.1) is 23.8 Å². The molecule has 4 aromatic rings. The minimum Gasteiger partial charge on any atom is -0.497 e. The number of hydrogen-bond donors (Lipinski definition) is 1. The molecule has 0 spiro atoms. The second-order valence-electron chi connectivity index (χ2n) is 5.75. The van der Waals surface area contributed by atoms with Crippen molar-refractivity contribution in [2.45, 2.75) is 0 Å². The number of nitrogens with one attached hydrogen (secondary N) is 1. The second kappa shape index (κ2) is 6.37. The second-order valence-corrected chi connectivity index (χ2v) is 5.75. The highest BCUT2D eigenvalue weighted by atomic mass is 16.6. The molecule has 0 saturated carbocycles. The first kappa shape index (κ1) is 16.5. The Balaban J connectivity index is 1.74. The van der Waals surface area contributed by atoms with Crippen LogP contribution < -0.4 is 10.3 Å². The predicted octanol–water partition coefficient (Wildman–Crippen LogP) is 2.68. The first-order chi connectivity index (χ1) is 13.1. The molecule has 0 aliphatic rings. The summed E-state index contributed by atoms with van der Waals surface area (Å²) in [6, 6.07) is 11.3. The topological polar surface area (TPSA) is 115 Å². The number of fused-ring (bicyclic) bond motifs is 3. The van der Waals surface area contributed by atoms with E-state index in [1.165, 1.54) is 24.7 Å². The zero-order valence-corrected chi connectivity index (χ0v) is 14.1. The Kier molecular flexibility index (Phi) is 3.88. The highest BCUT2D eigenvalue weighted by Gasteiger charge is 2.11. The first-order valence-electron chi connectivity index (χ1n) is 7.93. The third-order valence-electron chi connectivity index (χ3n) is 4.13. The largest absolute Gasteiger partial charge is 0.497 e. The quantitative estimate of drug-likeness (QED) is 0.340. The summed E-state index contributed by atoms with van der Waals surface area (Å²) in [4.78, 5) is 30.3. The first-order valence-corrected chi connectivity index (χ1v) is 7.93. The monoisotopic (exact) mass is 363 g/mol. The SMILES string of the molecule is COc1ccc2c(c1)[nH]c1c(=O)n(/N=C\c3ccc([N+](=O)[O-])cc3)cnc12. The van der Waals surface area contributed by atoms with Gasteiger partial charge in [-0.25, -0.2) is 4.98 Å². The van der Waals surface area contributed by atoms with Crippen molar-refractivity contribution in [3.63, 3.8) is 0 Å². The van der Waals surface area contributed by atoms with E-state index in [4.69, 9.17) is 4.74 Å². The van der Waals surface area contributed by atoms with Gasteiger partial charge < -0.3 is 9.72 Å². The van der Waals surface area contributed by atoms with Crippen LogP contribution in [0.4, 0.5) is 5.69 Å². The van der Waals surface area contributed by atoms with Crippen molar-refractivity contribution < 1.29 is 9.66 Å². The molecular formula is C18H13N5O4. The fourth-order valence-corrected chi connectivity index (χ4v) is 2.75. The lowest BCUT2D eigenvalue weighted by atomic mass is 10.2. The van der Waals surface area contributed by atoms with Crippen molar-refractivity contribution in [1.29, 1.82) is 0 Å². The zero-order valence-electron chi connectivity index (χ0n) is 14.1. The number of aromatic nitrogens is 3. The van der Waals surface area contributed by atoms with Gasteiger partial charge in [-0.1, -0.05) is 0 Å². The van der Waals surface area contributed by atoms with E-state index in [9.17, 15) is 14.9 Å². The average Bonchev–Trinajstić information content (AvgIpc) is 3.06. The maximum atomic E-state index is 12.7. The van der Waals surface area contributed by atoms with Crippen LogP contribution >= 0.6 is 0 Å². The predicted molar refractivity (Wildman–Crippen MR) is 101 cm³/mol. The van der Waals surface area contributed by atoms with Crippen molar-refractivity contribution >= 4 is 33.8 Å². The van der Waals surface area contributed by atoms with Crippen molar-refractivity contribution in [3.05, 3.63) is 74.8 Å². The summed E-state index contributed by atoms with van der Waals surface area (Å²) in [5.41, 5.74) is 1.88. The minimum atomic E-state index is -0.478. The number of nitro benzene ring substituents is 1. The lowest BCUT2D eigenvalue weighted by Crippen LogP contribution is -2.17. The molecule has 9 nitrogen and oxygen atoms in total. The Morgan fingerprint density at radius 1 is 1.26 bits per heavy atom. The average molecular weight is 363 g/mol. The molecule has 2 aromatic heterocycles. The molecule has 0 aliphatic carbocycles. The minimum absolute atomic E-state index is 0.0130. The van der Waals surface area contributed by atoms with Crippen molar-refractivity contribution in [2.24, 2.45) is 5.10 Å². The summed E-state index contributed by atoms with van der Waals surface area (Å²) in [5.74, 6) is 0.672. The van der Waals surface area contributed by atoms with Gasteiger partial charge in [-0.2, -0.15) is 9.78 Å². The molecule has 0 amide bonds. The summed E-state index contributed by atoms with van der Waals surface area (Å²) in [6.45, 7) is 0. The Hall–Kier alpha value is -4.01. The molecule has 0 unspecified atom stereocenters. The molecule has 134 valence electrons. The molecule has 27 heavy (non-hydrogen) atoms. The molecule has 2 aromatic carbocycles. The van der Waals surface area contributed by atoms with E-state index >= 15 is 0 Å². The number of non-ortho nitro benzene ring substituents is 1. The molecule has 0 fully saturated rings. The molecule has 0 saturated heterocycles. The summed E-state index contributed by atoms with van der Waals surface area (Å²) in [6.07, 6.45) is 2.77. The van der Waals surface area contributed by atoms with Crippen LogP contribution in [0.1, 0.15) is 5.56 Å². The van der Waals surface area contributed by atoms with Crippen LogP contribution in [0.5, 0.6) is 5.75 Å². The summed E-state index contributed by atoms with van der Waals surface area (Å²) < 4.78 is 6.30. The molecular weight excluding hydrogens is 350 g/mol. The van der Waals surface area contributed by atoms with Crippen molar-refractivity contribution in [3.8, 4) is 5.75 Å². The van der Waals surface area contributed by atoms with Crippen molar-refractivity contribution in [1.82, 2.24) is 14.6 Å². The molecule has 9 heteroatoms. The number of hydrogen-bond acceptors (Lipinski definition) is 6. The van der Waals surface area contributed by atoms with Crippen molar-refractivity contribution in [2.75, 3.05) is 7.11 Å². The van der Waals surface area contributed by atoms with Gasteiger partial charge in [-0.15, -0.1) is 0 Å². The number of ether oxygens (including phenoxy) is 1. The van der Waals surface area contributed by atoms with Crippen LogP contribution in [0.2, 0.25) is 0 Å². The molecule has 0 aliphatic heterocycles. The van der Waals surface area contributed by atoms with Gasteiger partial charge in [-0.3, -0.25) is 14.9 Å². The van der Waals surface area contributed by atoms with E-state index < -0.39 is 4.92 Å². The molecule has 0 atom stereocenters. The smallest absolute Gasteiger partial charge is 0.298 e. The number of H-pyrrole nitrogens is 1. The molecule has 0 radical (unpaired) electrons. The van der Waals surface area contributed by atoms with E-state index in [1.54, 1.807) is 31.4 Å². The number of methoxy groups -OCH3 is 1. The number of nitrogens with zero attached hydrogens (tertiary/aromatic N) is 4. The number of nitro groups is 1. The van der Waals surface area contributed by atoms with Gasteiger partial charge in [0.15, 0.2) is 0 Å². The van der Waals surface area contributed by atoms with Crippen LogP contribution in [0.3, 0.4) is 0 Å². The van der Waals surface area contributed by atoms with Gasteiger partial charge in [-0.05, 0) is 29.8 Å². The number of benzene rings is 2. The van der Waals surface area contributed by atoms with E-state index in [1.807, 2.05) is 6.07 Å². The van der Waals surface area contributed by atoms with Crippen LogP contribution in [-0.4, -0.2) is 32.9 Å². The van der Waals surface area contributed by atoms with Crippen LogP contribution in [0, 0.1) is 10.1 Å². The van der Waals surface area contributed by atoms with Gasteiger partial charge in [0.2, 0.25) is 0 Å². The highest BCUT2D eigenvalue weighted by molar-refractivity contribution is 6.04. The fraction of sp³-hybridized carbons (Fsp3) is 0.0556. The third-order valence-corrected chi connectivity index (χ3v) is 4.13. The van der Waals surface area contributed by atoms with E-state index in [-0.39, 0.29) is 11.2 Å². The maximum Gasteiger partial charge on any atom is 0.298 e. The van der Waals surface area contributed by atoms with E-state index in [2.05, 4.69) is 15.1 Å². The number of aromatic amines is 1. The standard InChI is InChI=1S/C18H13N5O4/c1-27-13-6-7-14-15(8-13)21-17-16(14)19-10-22(18(17)24)20-9-11-2-4-12(5-3-11)23(25)26/h2-10,21H,1H3/b20-9-. The maximum absolute atomic E-state index is 12.7. The highest BCUT2D eigenvalue weighted by Crippen LogP contribution is 2.25. The normalized spacial score (nSPS) is 11.4.